The molecule has 2 aromatic carbocycles. The van der Waals surface area contributed by atoms with Crippen molar-refractivity contribution < 1.29 is 9.84 Å². The van der Waals surface area contributed by atoms with Gasteiger partial charge >= 0.3 is 0 Å². The van der Waals surface area contributed by atoms with Crippen molar-refractivity contribution in [2.75, 3.05) is 30.4 Å². The van der Waals surface area contributed by atoms with E-state index in [2.05, 4.69) is 45.5 Å². The molecule has 0 aliphatic carbocycles. The Morgan fingerprint density at radius 3 is 2.66 bits per heavy atom. The lowest BCUT2D eigenvalue weighted by Crippen LogP contribution is -2.36. The Morgan fingerprint density at radius 1 is 1.14 bits per heavy atom. The number of hydrogen-bond acceptors (Lipinski definition) is 6. The highest BCUT2D eigenvalue weighted by Gasteiger charge is 2.21. The number of aliphatic hydroxyl groups is 1. The summed E-state index contributed by atoms with van der Waals surface area (Å²) in [6, 6.07) is 12.1. The molecule has 0 unspecified atom stereocenters. The molecule has 3 aromatic rings. The lowest BCUT2D eigenvalue weighted by Gasteiger charge is -2.31. The van der Waals surface area contributed by atoms with Gasteiger partial charge in [0.25, 0.3) is 0 Å². The molecule has 0 saturated carbocycles. The van der Waals surface area contributed by atoms with Gasteiger partial charge in [-0.05, 0) is 43.5 Å². The van der Waals surface area contributed by atoms with Crippen LogP contribution in [0.4, 0.5) is 11.6 Å². The maximum Gasteiger partial charge on any atom is 0.159 e. The Balaban J connectivity index is 1.62. The largest absolute Gasteiger partial charge is 0.495 e. The fraction of sp³-hybridized carbons (Fsp3) is 0.364. The number of nitrogens with one attached hydrogen (secondary N) is 1. The summed E-state index contributed by atoms with van der Waals surface area (Å²) in [5.41, 5.74) is 2.20. The Morgan fingerprint density at radius 2 is 1.93 bits per heavy atom. The van der Waals surface area contributed by atoms with Gasteiger partial charge in [-0.25, -0.2) is 0 Å². The number of aromatic nitrogens is 2. The van der Waals surface area contributed by atoms with Gasteiger partial charge in [-0.2, -0.15) is 0 Å². The third-order valence-electron chi connectivity index (χ3n) is 5.36. The van der Waals surface area contributed by atoms with Crippen molar-refractivity contribution in [1.29, 1.82) is 0 Å². The van der Waals surface area contributed by atoms with Crippen molar-refractivity contribution in [3.8, 4) is 5.75 Å². The van der Waals surface area contributed by atoms with Crippen molar-refractivity contribution in [3.63, 3.8) is 0 Å². The van der Waals surface area contributed by atoms with E-state index < -0.39 is 0 Å². The first-order chi connectivity index (χ1) is 14.0. The molecule has 0 radical (unpaired) electrons. The fourth-order valence-electron chi connectivity index (χ4n) is 3.70. The van der Waals surface area contributed by atoms with Gasteiger partial charge in [0.2, 0.25) is 0 Å². The van der Waals surface area contributed by atoms with Crippen LogP contribution in [-0.4, -0.2) is 41.6 Å². The zero-order chi connectivity index (χ0) is 20.4. The third-order valence-corrected chi connectivity index (χ3v) is 5.65. The number of nitrogens with zero attached hydrogens (tertiary/aromatic N) is 3. The number of fused-ring (bicyclic) bond motifs is 1. The predicted molar refractivity (Wildman–Crippen MR) is 117 cm³/mol. The molecule has 2 N–H and O–H groups in total. The van der Waals surface area contributed by atoms with Gasteiger partial charge in [-0.3, -0.25) is 0 Å². The molecule has 1 fully saturated rings. The second kappa shape index (κ2) is 8.43. The first-order valence-corrected chi connectivity index (χ1v) is 10.2. The van der Waals surface area contributed by atoms with Gasteiger partial charge in [0.1, 0.15) is 5.75 Å². The minimum atomic E-state index is -0.218. The number of hydrogen-bond donors (Lipinski definition) is 2. The van der Waals surface area contributed by atoms with Crippen LogP contribution in [0.2, 0.25) is 5.02 Å². The number of piperidine rings is 1. The highest BCUT2D eigenvalue weighted by atomic mass is 35.5. The second-order valence-corrected chi connectivity index (χ2v) is 7.87. The summed E-state index contributed by atoms with van der Waals surface area (Å²) in [7, 11) is 1.60. The first-order valence-electron chi connectivity index (χ1n) is 9.81. The molecule has 6 nitrogen and oxygen atoms in total. The fourth-order valence-corrected chi connectivity index (χ4v) is 3.98. The van der Waals surface area contributed by atoms with Crippen LogP contribution in [0.1, 0.15) is 24.0 Å². The molecule has 29 heavy (non-hydrogen) atoms. The predicted octanol–water partition coefficient (Wildman–Crippen LogP) is 4.17. The Kier molecular flexibility index (Phi) is 5.74. The van der Waals surface area contributed by atoms with Crippen LogP contribution in [0.25, 0.3) is 10.8 Å². The molecule has 4 rings (SSSR count). The summed E-state index contributed by atoms with van der Waals surface area (Å²) in [6.45, 7) is 4.23. The van der Waals surface area contributed by atoms with Gasteiger partial charge in [0, 0.05) is 30.4 Å². The smallest absolute Gasteiger partial charge is 0.159 e. The molecular formula is C22H25ClN4O2. The van der Waals surface area contributed by atoms with E-state index in [1.165, 1.54) is 5.56 Å². The second-order valence-electron chi connectivity index (χ2n) is 7.46. The maximum absolute atomic E-state index is 9.81. The SMILES string of the molecule is COc1ccc(CNc2nnc(N3CCC(O)CC3)c3ccc(C)cc23)cc1Cl. The minimum Gasteiger partial charge on any atom is -0.495 e. The summed E-state index contributed by atoms with van der Waals surface area (Å²) in [6.07, 6.45) is 1.30. The van der Waals surface area contributed by atoms with Crippen LogP contribution in [-0.2, 0) is 6.54 Å². The molecule has 0 amide bonds. The lowest BCUT2D eigenvalue weighted by atomic mass is 10.1. The molecule has 1 aromatic heterocycles. The summed E-state index contributed by atoms with van der Waals surface area (Å²) in [5, 5.41) is 24.9. The van der Waals surface area contributed by atoms with Crippen molar-refractivity contribution in [3.05, 3.63) is 52.5 Å². The molecule has 1 aliphatic heterocycles. The number of aryl methyl sites for hydroxylation is 1. The Hall–Kier alpha value is -2.57. The zero-order valence-electron chi connectivity index (χ0n) is 16.7. The maximum atomic E-state index is 9.81. The highest BCUT2D eigenvalue weighted by Crippen LogP contribution is 2.31. The summed E-state index contributed by atoms with van der Waals surface area (Å²) < 4.78 is 5.22. The van der Waals surface area contributed by atoms with Crippen LogP contribution in [0.15, 0.2) is 36.4 Å². The van der Waals surface area contributed by atoms with Crippen LogP contribution < -0.4 is 15.0 Å². The first kappa shape index (κ1) is 19.7. The molecule has 1 saturated heterocycles. The standard InChI is InChI=1S/C22H25ClN4O2/c1-14-3-5-17-18(11-14)21(24-13-15-4-6-20(29-2)19(23)12-15)25-26-22(17)27-9-7-16(28)8-10-27/h3-6,11-12,16,28H,7-10,13H2,1-2H3,(H,24,25). The number of ether oxygens (including phenoxy) is 1. The molecule has 1 aliphatic rings. The van der Waals surface area contributed by atoms with Gasteiger partial charge < -0.3 is 20.1 Å². The summed E-state index contributed by atoms with van der Waals surface area (Å²) in [5.74, 6) is 2.29. The number of rotatable bonds is 5. The van der Waals surface area contributed by atoms with Gasteiger partial charge in [-0.15, -0.1) is 10.2 Å². The highest BCUT2D eigenvalue weighted by molar-refractivity contribution is 6.32. The average molecular weight is 413 g/mol. The molecule has 7 heteroatoms. The van der Waals surface area contributed by atoms with Crippen LogP contribution in [0.3, 0.4) is 0 Å². The van der Waals surface area contributed by atoms with E-state index in [0.29, 0.717) is 17.3 Å². The summed E-state index contributed by atoms with van der Waals surface area (Å²) in [4.78, 5) is 2.21. The van der Waals surface area contributed by atoms with E-state index in [1.807, 2.05) is 18.2 Å². The number of benzene rings is 2. The topological polar surface area (TPSA) is 70.5 Å². The molecule has 152 valence electrons. The van der Waals surface area contributed by atoms with Crippen molar-refractivity contribution in [2.45, 2.75) is 32.4 Å². The zero-order valence-corrected chi connectivity index (χ0v) is 17.4. The van der Waals surface area contributed by atoms with Gasteiger partial charge in [0.15, 0.2) is 11.6 Å². The van der Waals surface area contributed by atoms with Crippen molar-refractivity contribution in [1.82, 2.24) is 10.2 Å². The Labute approximate surface area is 175 Å². The third kappa shape index (κ3) is 4.23. The van der Waals surface area contributed by atoms with E-state index >= 15 is 0 Å². The van der Waals surface area contributed by atoms with E-state index in [4.69, 9.17) is 16.3 Å². The average Bonchev–Trinajstić information content (AvgIpc) is 2.72. The monoisotopic (exact) mass is 412 g/mol. The van der Waals surface area contributed by atoms with Crippen LogP contribution in [0.5, 0.6) is 5.75 Å². The van der Waals surface area contributed by atoms with Crippen molar-refractivity contribution >= 4 is 34.0 Å². The van der Waals surface area contributed by atoms with Crippen molar-refractivity contribution in [2.24, 2.45) is 0 Å². The van der Waals surface area contributed by atoms with Gasteiger partial charge in [0.05, 0.1) is 18.2 Å². The minimum absolute atomic E-state index is 0.218. The quantitative estimate of drug-likeness (QED) is 0.655. The lowest BCUT2D eigenvalue weighted by molar-refractivity contribution is 0.145. The summed E-state index contributed by atoms with van der Waals surface area (Å²) >= 11 is 6.24. The van der Waals surface area contributed by atoms with E-state index in [-0.39, 0.29) is 6.10 Å². The van der Waals surface area contributed by atoms with Gasteiger partial charge in [-0.1, -0.05) is 35.4 Å². The molecular weight excluding hydrogens is 388 g/mol. The van der Waals surface area contributed by atoms with E-state index in [0.717, 1.165) is 53.9 Å². The number of methoxy groups -OCH3 is 1. The molecule has 0 bridgehead atoms. The normalized spacial score (nSPS) is 15.0. The van der Waals surface area contributed by atoms with E-state index in [9.17, 15) is 5.11 Å². The van der Waals surface area contributed by atoms with E-state index in [1.54, 1.807) is 7.11 Å². The van der Waals surface area contributed by atoms with Crippen LogP contribution >= 0.6 is 11.6 Å². The number of aliphatic hydroxyl groups excluding tert-OH is 1. The van der Waals surface area contributed by atoms with Crippen LogP contribution in [0, 0.1) is 6.92 Å². The number of halogens is 1. The molecule has 0 spiro atoms. The molecule has 2 heterocycles. The molecule has 0 atom stereocenters. The number of anilines is 2. The Bertz CT molecular complexity index is 1020.